The summed E-state index contributed by atoms with van der Waals surface area (Å²) in [6.45, 7) is 0. The van der Waals surface area contributed by atoms with Crippen molar-refractivity contribution in [3.05, 3.63) is 39.2 Å². The minimum absolute atomic E-state index is 0.229. The lowest BCUT2D eigenvalue weighted by atomic mass is 10.2. The van der Waals surface area contributed by atoms with Gasteiger partial charge in [0.25, 0.3) is 0 Å². The number of rotatable bonds is 0. The van der Waals surface area contributed by atoms with Gasteiger partial charge in [-0.05, 0) is 6.07 Å². The summed E-state index contributed by atoms with van der Waals surface area (Å²) in [7, 11) is 0. The highest BCUT2D eigenvalue weighted by molar-refractivity contribution is 7.98. The second-order valence-electron chi connectivity index (χ2n) is 2.54. The number of benzene rings is 1. The van der Waals surface area contributed by atoms with Gasteiger partial charge in [-0.2, -0.15) is 0 Å². The van der Waals surface area contributed by atoms with Crippen LogP contribution >= 0.6 is 23.5 Å². The van der Waals surface area contributed by atoms with Crippen LogP contribution in [0, 0.1) is 10.4 Å². The lowest BCUT2D eigenvalue weighted by Crippen LogP contribution is -2.23. The Bertz CT molecular complexity index is 329. The average molecular weight is 203 g/mol. The summed E-state index contributed by atoms with van der Waals surface area (Å²) in [6.07, 6.45) is 0. The van der Waals surface area contributed by atoms with E-state index >= 15 is 0 Å². The third-order valence-electron chi connectivity index (χ3n) is 1.73. The zero-order chi connectivity index (χ0) is 8.77. The minimum atomic E-state index is -1.62. The quantitative estimate of drug-likeness (QED) is 0.369. The molecule has 0 radical (unpaired) electrons. The zero-order valence-electron chi connectivity index (χ0n) is 5.99. The molecule has 5 heteroatoms. The van der Waals surface area contributed by atoms with Crippen LogP contribution in [0.3, 0.4) is 0 Å². The van der Waals surface area contributed by atoms with Crippen LogP contribution in [0.4, 0.5) is 5.69 Å². The monoisotopic (exact) mass is 202 g/mol. The fraction of sp³-hybridized carbons (Fsp3) is 0.143. The van der Waals surface area contributed by atoms with Gasteiger partial charge >= 0.3 is 0 Å². The predicted octanol–water partition coefficient (Wildman–Crippen LogP) is 2.80. The highest BCUT2D eigenvalue weighted by atomic mass is 35.5. The summed E-state index contributed by atoms with van der Waals surface area (Å²) >= 11 is 6.46. The molecular weight excluding hydrogens is 198 g/mol. The molecule has 1 aromatic rings. The van der Waals surface area contributed by atoms with Crippen LogP contribution in [-0.4, -0.2) is 0 Å². The molecule has 0 atom stereocenters. The van der Waals surface area contributed by atoms with E-state index in [1.165, 1.54) is 6.07 Å². The highest BCUT2D eigenvalue weighted by Crippen LogP contribution is 2.44. The number of fused-ring (bicyclic) bond motifs is 1. The van der Waals surface area contributed by atoms with Crippen LogP contribution in [0.1, 0.15) is 5.56 Å². The molecule has 0 aromatic heterocycles. The van der Waals surface area contributed by atoms with E-state index < -0.39 is 4.21 Å². The van der Waals surface area contributed by atoms with Gasteiger partial charge in [-0.25, -0.2) is 0 Å². The molecule has 3 nitrogen and oxygen atoms in total. The van der Waals surface area contributed by atoms with Gasteiger partial charge in [0.05, 0.1) is 17.7 Å². The van der Waals surface area contributed by atoms with E-state index in [9.17, 15) is 10.4 Å². The van der Waals surface area contributed by atoms with Crippen molar-refractivity contribution in [3.63, 3.8) is 0 Å². The highest BCUT2D eigenvalue weighted by Gasteiger charge is 2.25. The first-order valence-corrected chi connectivity index (χ1v) is 4.66. The molecule has 0 aliphatic carbocycles. The normalized spacial score (nSPS) is 19.2. The Labute approximate surface area is 78.8 Å². The van der Waals surface area contributed by atoms with Crippen molar-refractivity contribution in [1.82, 2.24) is 4.21 Å². The first-order chi connectivity index (χ1) is 5.59. The summed E-state index contributed by atoms with van der Waals surface area (Å²) in [5.41, 5.74) is 1.02. The maximum absolute atomic E-state index is 11.2. The maximum Gasteiger partial charge on any atom is 0.150 e. The molecule has 0 unspecified atom stereocenters. The molecule has 0 bridgehead atoms. The molecule has 64 valence electrons. The molecule has 1 aliphatic heterocycles. The molecule has 0 saturated heterocycles. The molecule has 0 N–H and O–H groups in total. The van der Waals surface area contributed by atoms with Gasteiger partial charge in [-0.3, -0.25) is 0 Å². The van der Waals surface area contributed by atoms with Crippen molar-refractivity contribution in [2.45, 2.75) is 5.75 Å². The van der Waals surface area contributed by atoms with E-state index in [0.717, 1.165) is 17.5 Å². The zero-order valence-corrected chi connectivity index (χ0v) is 7.56. The number of hydrogen-bond donors (Lipinski definition) is 0. The summed E-state index contributed by atoms with van der Waals surface area (Å²) < 4.78 is -1.62. The van der Waals surface area contributed by atoms with Crippen LogP contribution in [0.5, 0.6) is 0 Å². The van der Waals surface area contributed by atoms with Crippen molar-refractivity contribution in [2.24, 2.45) is 0 Å². The molecule has 2 rings (SSSR count). The summed E-state index contributed by atoms with van der Waals surface area (Å²) in [5.74, 6) is 0.472. The molecule has 1 heterocycles. The Morgan fingerprint density at radius 1 is 1.42 bits per heavy atom. The van der Waals surface area contributed by atoms with Crippen molar-refractivity contribution in [1.29, 1.82) is 0 Å². The topological polar surface area (TPSA) is 46.1 Å². The van der Waals surface area contributed by atoms with E-state index in [1.54, 1.807) is 12.1 Å². The van der Waals surface area contributed by atoms with E-state index in [-0.39, 0.29) is 5.69 Å². The van der Waals surface area contributed by atoms with Gasteiger partial charge < -0.3 is 14.6 Å². The van der Waals surface area contributed by atoms with Gasteiger partial charge in [0.15, 0.2) is 0 Å². The first-order valence-electron chi connectivity index (χ1n) is 3.34. The van der Waals surface area contributed by atoms with E-state index in [2.05, 4.69) is 0 Å². The smallest absolute Gasteiger partial charge is 0.150 e. The Morgan fingerprint density at radius 3 is 2.92 bits per heavy atom. The van der Waals surface area contributed by atoms with E-state index in [0.29, 0.717) is 10.8 Å². The Morgan fingerprint density at radius 2 is 2.17 bits per heavy atom. The third kappa shape index (κ3) is 1.22. The van der Waals surface area contributed by atoms with Crippen LogP contribution < -0.4 is 4.21 Å². The van der Waals surface area contributed by atoms with Crippen LogP contribution in [0.15, 0.2) is 18.2 Å². The lowest BCUT2D eigenvalue weighted by Gasteiger charge is -2.39. The number of halogens is 1. The number of quaternary nitrogens is 1. The number of nitrogens with zero attached hydrogens (tertiary/aromatic N) is 1. The standard InChI is InChI=1S/C7H5ClNO2S/c8-6-2-1-5-4-12-9(10,11)7(5)3-6/h1-3H,4H2/q-1. The van der Waals surface area contributed by atoms with Crippen molar-refractivity contribution < 1.29 is 0 Å². The third-order valence-corrected chi connectivity index (χ3v) is 2.94. The van der Waals surface area contributed by atoms with E-state index in [1.807, 2.05) is 0 Å². The second-order valence-corrected chi connectivity index (χ2v) is 4.01. The van der Waals surface area contributed by atoms with Crippen LogP contribution in [0.25, 0.3) is 0 Å². The summed E-state index contributed by atoms with van der Waals surface area (Å²) in [6, 6.07) is 4.85. The van der Waals surface area contributed by atoms with Crippen molar-refractivity contribution in [3.8, 4) is 0 Å². The van der Waals surface area contributed by atoms with Gasteiger partial charge in [-0.15, -0.1) is 0 Å². The molecule has 1 aromatic carbocycles. The van der Waals surface area contributed by atoms with Gasteiger partial charge in [0.2, 0.25) is 0 Å². The van der Waals surface area contributed by atoms with Gasteiger partial charge in [0.1, 0.15) is 5.69 Å². The summed E-state index contributed by atoms with van der Waals surface area (Å²) in [5, 5.41) is 22.8. The maximum atomic E-state index is 11.2. The molecule has 0 amide bonds. The van der Waals surface area contributed by atoms with Crippen LogP contribution in [0.2, 0.25) is 5.02 Å². The predicted molar refractivity (Wildman–Crippen MR) is 51.3 cm³/mol. The van der Waals surface area contributed by atoms with E-state index in [4.69, 9.17) is 11.6 Å². The second kappa shape index (κ2) is 2.61. The van der Waals surface area contributed by atoms with Crippen molar-refractivity contribution >= 4 is 29.2 Å². The van der Waals surface area contributed by atoms with Gasteiger partial charge in [-0.1, -0.05) is 17.7 Å². The Kier molecular flexibility index (Phi) is 1.82. The fourth-order valence-corrected chi connectivity index (χ4v) is 2.17. The molecule has 12 heavy (non-hydrogen) atoms. The van der Waals surface area contributed by atoms with Crippen molar-refractivity contribution in [2.75, 3.05) is 0 Å². The first kappa shape index (κ1) is 8.34. The largest absolute Gasteiger partial charge is 0.614 e. The molecule has 0 fully saturated rings. The number of hydrogen-bond acceptors (Lipinski definition) is 3. The molecule has 0 saturated carbocycles. The molecule has 0 spiro atoms. The average Bonchev–Trinajstić information content (AvgIpc) is 2.28. The fourth-order valence-electron chi connectivity index (χ4n) is 1.14. The summed E-state index contributed by atoms with van der Waals surface area (Å²) in [4.78, 5) is 0. The Balaban J connectivity index is 2.57. The minimum Gasteiger partial charge on any atom is -0.614 e. The Hall–Kier alpha value is -0.260. The lowest BCUT2D eigenvalue weighted by molar-refractivity contribution is 0.824. The SMILES string of the molecule is [O-][N+]1([O-])SCc2ccc(Cl)cc21. The van der Waals surface area contributed by atoms with Gasteiger partial charge in [0, 0.05) is 16.7 Å². The molecule has 1 aliphatic rings. The van der Waals surface area contributed by atoms with Crippen LogP contribution in [-0.2, 0) is 5.75 Å². The molecular formula is C7H5ClNO2S-.